The third kappa shape index (κ3) is 4.12. The zero-order valence-electron chi connectivity index (χ0n) is 11.1. The quantitative estimate of drug-likeness (QED) is 0.769. The van der Waals surface area contributed by atoms with Gasteiger partial charge in [-0.3, -0.25) is 4.79 Å². The van der Waals surface area contributed by atoms with Crippen molar-refractivity contribution in [3.63, 3.8) is 0 Å². The van der Waals surface area contributed by atoms with E-state index in [9.17, 15) is 4.79 Å². The zero-order valence-corrected chi connectivity index (χ0v) is 11.1. The molecule has 0 aromatic rings. The van der Waals surface area contributed by atoms with Gasteiger partial charge in [0.25, 0.3) is 0 Å². The largest absolute Gasteiger partial charge is 0.356 e. The average Bonchev–Trinajstić information content (AvgIpc) is 2.63. The molecule has 16 heavy (non-hydrogen) atoms. The molecule has 1 amide bonds. The smallest absolute Gasteiger partial charge is 0.224 e. The Labute approximate surface area is 99.4 Å². The van der Waals surface area contributed by atoms with Gasteiger partial charge in [-0.2, -0.15) is 0 Å². The lowest BCUT2D eigenvalue weighted by Crippen LogP contribution is -2.41. The molecule has 1 fully saturated rings. The molecule has 1 aliphatic carbocycles. The first kappa shape index (κ1) is 13.5. The van der Waals surface area contributed by atoms with E-state index >= 15 is 0 Å². The summed E-state index contributed by atoms with van der Waals surface area (Å²) in [6.45, 7) is 7.40. The molecule has 2 N–H and O–H groups in total. The predicted octanol–water partition coefficient (Wildman–Crippen LogP) is 1.93. The Balaban J connectivity index is 2.29. The van der Waals surface area contributed by atoms with E-state index in [-0.39, 0.29) is 11.8 Å². The van der Waals surface area contributed by atoms with Crippen LogP contribution in [0.3, 0.4) is 0 Å². The first-order valence-electron chi connectivity index (χ1n) is 6.39. The normalized spacial score (nSPS) is 25.8. The van der Waals surface area contributed by atoms with Crippen LogP contribution in [0, 0.1) is 11.3 Å². The summed E-state index contributed by atoms with van der Waals surface area (Å²) in [6, 6.07) is 0.384. The highest BCUT2D eigenvalue weighted by Gasteiger charge is 2.31. The fourth-order valence-corrected chi connectivity index (χ4v) is 2.31. The summed E-state index contributed by atoms with van der Waals surface area (Å²) in [5, 5.41) is 6.31. The van der Waals surface area contributed by atoms with Crippen LogP contribution in [0.2, 0.25) is 0 Å². The highest BCUT2D eigenvalue weighted by Crippen LogP contribution is 2.25. The summed E-state index contributed by atoms with van der Waals surface area (Å²) in [5.74, 6) is 0.422. The Kier molecular flexibility index (Phi) is 4.78. The highest BCUT2D eigenvalue weighted by molar-refractivity contribution is 5.79. The fourth-order valence-electron chi connectivity index (χ4n) is 2.31. The molecule has 0 radical (unpaired) electrons. The first-order chi connectivity index (χ1) is 7.44. The maximum atomic E-state index is 11.9. The van der Waals surface area contributed by atoms with Gasteiger partial charge in [0.05, 0.1) is 5.92 Å². The Hall–Kier alpha value is -0.570. The SMILES string of the molecule is CN[C@H]1CCC[C@H]1C(=O)NCCC(C)(C)C. The molecule has 0 aliphatic heterocycles. The van der Waals surface area contributed by atoms with Crippen molar-refractivity contribution < 1.29 is 4.79 Å². The van der Waals surface area contributed by atoms with Crippen molar-refractivity contribution in [1.82, 2.24) is 10.6 Å². The molecule has 0 bridgehead atoms. The van der Waals surface area contributed by atoms with Gasteiger partial charge in [-0.1, -0.05) is 27.2 Å². The monoisotopic (exact) mass is 226 g/mol. The zero-order chi connectivity index (χ0) is 12.2. The van der Waals surface area contributed by atoms with E-state index in [1.807, 2.05) is 7.05 Å². The van der Waals surface area contributed by atoms with E-state index in [0.29, 0.717) is 11.5 Å². The van der Waals surface area contributed by atoms with Gasteiger partial charge in [0.15, 0.2) is 0 Å². The molecule has 3 heteroatoms. The molecule has 0 spiro atoms. The van der Waals surface area contributed by atoms with Gasteiger partial charge in [0.1, 0.15) is 0 Å². The molecule has 1 rings (SSSR count). The van der Waals surface area contributed by atoms with Gasteiger partial charge in [-0.05, 0) is 31.7 Å². The molecular weight excluding hydrogens is 200 g/mol. The second-order valence-electron chi connectivity index (χ2n) is 6.03. The van der Waals surface area contributed by atoms with E-state index < -0.39 is 0 Å². The summed E-state index contributed by atoms with van der Waals surface area (Å²) in [4.78, 5) is 11.9. The average molecular weight is 226 g/mol. The van der Waals surface area contributed by atoms with Crippen LogP contribution in [0.15, 0.2) is 0 Å². The van der Waals surface area contributed by atoms with Crippen LogP contribution in [0.1, 0.15) is 46.5 Å². The minimum absolute atomic E-state index is 0.185. The van der Waals surface area contributed by atoms with Crippen LogP contribution < -0.4 is 10.6 Å². The van der Waals surface area contributed by atoms with E-state index in [1.54, 1.807) is 0 Å². The van der Waals surface area contributed by atoms with Gasteiger partial charge in [-0.15, -0.1) is 0 Å². The van der Waals surface area contributed by atoms with Gasteiger partial charge in [-0.25, -0.2) is 0 Å². The highest BCUT2D eigenvalue weighted by atomic mass is 16.1. The first-order valence-corrected chi connectivity index (χ1v) is 6.39. The van der Waals surface area contributed by atoms with Crippen LogP contribution in [-0.2, 0) is 4.79 Å². The molecule has 94 valence electrons. The fraction of sp³-hybridized carbons (Fsp3) is 0.923. The second-order valence-corrected chi connectivity index (χ2v) is 6.03. The van der Waals surface area contributed by atoms with E-state index in [0.717, 1.165) is 25.8 Å². The number of hydrogen-bond donors (Lipinski definition) is 2. The standard InChI is InChI=1S/C13H26N2O/c1-13(2,3)8-9-15-12(16)10-6-5-7-11(10)14-4/h10-11,14H,5-9H2,1-4H3,(H,15,16)/t10-,11+/m1/s1. The lowest BCUT2D eigenvalue weighted by atomic mass is 9.92. The molecule has 1 aliphatic rings. The Morgan fingerprint density at radius 3 is 2.56 bits per heavy atom. The summed E-state index contributed by atoms with van der Waals surface area (Å²) < 4.78 is 0. The van der Waals surface area contributed by atoms with E-state index in [2.05, 4.69) is 31.4 Å². The van der Waals surface area contributed by atoms with Gasteiger partial charge in [0, 0.05) is 12.6 Å². The maximum Gasteiger partial charge on any atom is 0.224 e. The molecule has 0 heterocycles. The predicted molar refractivity (Wildman–Crippen MR) is 67.3 cm³/mol. The molecule has 1 saturated carbocycles. The topological polar surface area (TPSA) is 41.1 Å². The molecule has 0 saturated heterocycles. The van der Waals surface area contributed by atoms with Crippen molar-refractivity contribution in [2.24, 2.45) is 11.3 Å². The van der Waals surface area contributed by atoms with Crippen LogP contribution in [0.25, 0.3) is 0 Å². The lowest BCUT2D eigenvalue weighted by molar-refractivity contribution is -0.125. The molecule has 0 aromatic carbocycles. The lowest BCUT2D eigenvalue weighted by Gasteiger charge is -2.21. The summed E-state index contributed by atoms with van der Waals surface area (Å²) in [7, 11) is 1.95. The van der Waals surface area contributed by atoms with Gasteiger partial charge < -0.3 is 10.6 Å². The van der Waals surface area contributed by atoms with Crippen molar-refractivity contribution in [3.8, 4) is 0 Å². The van der Waals surface area contributed by atoms with Crippen LogP contribution in [0.5, 0.6) is 0 Å². The molecule has 3 nitrogen and oxygen atoms in total. The number of carbonyl (C=O) groups is 1. The van der Waals surface area contributed by atoms with Crippen LogP contribution >= 0.6 is 0 Å². The number of carbonyl (C=O) groups excluding carboxylic acids is 1. The third-order valence-corrected chi connectivity index (χ3v) is 3.40. The molecular formula is C13H26N2O. The molecule has 2 atom stereocenters. The Bertz CT molecular complexity index is 233. The minimum Gasteiger partial charge on any atom is -0.356 e. The van der Waals surface area contributed by atoms with E-state index in [1.165, 1.54) is 6.42 Å². The van der Waals surface area contributed by atoms with E-state index in [4.69, 9.17) is 0 Å². The van der Waals surface area contributed by atoms with Crippen molar-refractivity contribution >= 4 is 5.91 Å². The molecule has 0 unspecified atom stereocenters. The van der Waals surface area contributed by atoms with Crippen molar-refractivity contribution in [3.05, 3.63) is 0 Å². The molecule has 0 aromatic heterocycles. The number of nitrogens with one attached hydrogen (secondary N) is 2. The Morgan fingerprint density at radius 1 is 1.31 bits per heavy atom. The van der Waals surface area contributed by atoms with Gasteiger partial charge >= 0.3 is 0 Å². The summed E-state index contributed by atoms with van der Waals surface area (Å²) in [6.07, 6.45) is 4.37. The van der Waals surface area contributed by atoms with Crippen molar-refractivity contribution in [2.45, 2.75) is 52.5 Å². The minimum atomic E-state index is 0.185. The Morgan fingerprint density at radius 2 is 2.00 bits per heavy atom. The maximum absolute atomic E-state index is 11.9. The summed E-state index contributed by atoms with van der Waals surface area (Å²) >= 11 is 0. The number of rotatable bonds is 4. The number of amides is 1. The number of hydrogen-bond acceptors (Lipinski definition) is 2. The third-order valence-electron chi connectivity index (χ3n) is 3.40. The van der Waals surface area contributed by atoms with Crippen molar-refractivity contribution in [2.75, 3.05) is 13.6 Å². The van der Waals surface area contributed by atoms with Crippen LogP contribution in [-0.4, -0.2) is 25.5 Å². The van der Waals surface area contributed by atoms with Crippen molar-refractivity contribution in [1.29, 1.82) is 0 Å². The van der Waals surface area contributed by atoms with Gasteiger partial charge in [0.2, 0.25) is 5.91 Å². The summed E-state index contributed by atoms with van der Waals surface area (Å²) in [5.41, 5.74) is 0.297. The van der Waals surface area contributed by atoms with Crippen LogP contribution in [0.4, 0.5) is 0 Å². The second kappa shape index (κ2) is 5.67.